The van der Waals surface area contributed by atoms with Gasteiger partial charge in [0, 0.05) is 24.2 Å². The van der Waals surface area contributed by atoms with Crippen molar-refractivity contribution in [1.82, 2.24) is 10.2 Å². The highest BCUT2D eigenvalue weighted by Crippen LogP contribution is 2.35. The van der Waals surface area contributed by atoms with E-state index in [0.717, 1.165) is 9.87 Å². The molecule has 196 valence electrons. The number of amides is 2. The SMILES string of the molecule is CCNC(=O)[C@@H](CC)N(Cc1ccc(Cl)cc1)C(=O)CN(c1ccc2c(c1)OCCO2)S(=O)(=O)CC. The van der Waals surface area contributed by atoms with Crippen LogP contribution in [0.15, 0.2) is 42.5 Å². The number of nitrogens with one attached hydrogen (secondary N) is 1. The summed E-state index contributed by atoms with van der Waals surface area (Å²) in [4.78, 5) is 28.0. The molecule has 1 N–H and O–H groups in total. The molecular weight excluding hydrogens is 506 g/mol. The summed E-state index contributed by atoms with van der Waals surface area (Å²) in [5.74, 6) is -0.0907. The van der Waals surface area contributed by atoms with Gasteiger partial charge in [-0.05, 0) is 50.1 Å². The first-order chi connectivity index (χ1) is 17.2. The molecule has 0 radical (unpaired) electrons. The molecule has 0 unspecified atom stereocenters. The molecule has 9 nitrogen and oxygen atoms in total. The second-order valence-electron chi connectivity index (χ2n) is 8.20. The minimum Gasteiger partial charge on any atom is -0.486 e. The van der Waals surface area contributed by atoms with Crippen molar-refractivity contribution in [3.8, 4) is 11.5 Å². The van der Waals surface area contributed by atoms with E-state index in [4.69, 9.17) is 21.1 Å². The van der Waals surface area contributed by atoms with Crippen molar-refractivity contribution in [3.05, 3.63) is 53.1 Å². The Kier molecular flexibility index (Phi) is 9.44. The smallest absolute Gasteiger partial charge is 0.244 e. The van der Waals surface area contributed by atoms with Crippen LogP contribution in [0.1, 0.15) is 32.8 Å². The molecule has 3 rings (SSSR count). The molecule has 2 aromatic rings. The van der Waals surface area contributed by atoms with Crippen LogP contribution in [-0.4, -0.2) is 63.2 Å². The molecule has 2 amide bonds. The number of anilines is 1. The lowest BCUT2D eigenvalue weighted by atomic mass is 10.1. The van der Waals surface area contributed by atoms with Gasteiger partial charge in [0.1, 0.15) is 25.8 Å². The van der Waals surface area contributed by atoms with Crippen LogP contribution in [0.4, 0.5) is 5.69 Å². The Labute approximate surface area is 217 Å². The minimum atomic E-state index is -3.84. The van der Waals surface area contributed by atoms with Crippen molar-refractivity contribution in [2.24, 2.45) is 0 Å². The molecule has 1 heterocycles. The molecule has 0 saturated carbocycles. The quantitative estimate of drug-likeness (QED) is 0.472. The van der Waals surface area contributed by atoms with Crippen molar-refractivity contribution in [3.63, 3.8) is 0 Å². The fraction of sp³-hybridized carbons (Fsp3) is 0.440. The van der Waals surface area contributed by atoms with E-state index < -0.39 is 28.5 Å². The van der Waals surface area contributed by atoms with Crippen LogP contribution in [0.3, 0.4) is 0 Å². The van der Waals surface area contributed by atoms with Crippen molar-refractivity contribution in [1.29, 1.82) is 0 Å². The van der Waals surface area contributed by atoms with E-state index in [-0.39, 0.29) is 23.9 Å². The number of halogens is 1. The number of likely N-dealkylation sites (N-methyl/N-ethyl adjacent to an activating group) is 1. The first-order valence-electron chi connectivity index (χ1n) is 11.9. The standard InChI is InChI=1S/C25H32ClN3O6S/c1-4-21(25(31)27-5-2)28(16-18-7-9-19(26)10-8-18)24(30)17-29(36(32,33)6-3)20-11-12-22-23(15-20)35-14-13-34-22/h7-12,15,21H,4-6,13-14,16-17H2,1-3H3,(H,27,31)/t21-/m1/s1. The molecule has 2 aromatic carbocycles. The van der Waals surface area contributed by atoms with Gasteiger partial charge in [-0.2, -0.15) is 0 Å². The molecule has 0 aliphatic carbocycles. The van der Waals surface area contributed by atoms with E-state index in [1.165, 1.54) is 11.8 Å². The van der Waals surface area contributed by atoms with Gasteiger partial charge in [0.05, 0.1) is 11.4 Å². The number of rotatable bonds is 11. The normalized spacial score (nSPS) is 13.6. The lowest BCUT2D eigenvalue weighted by Gasteiger charge is -2.33. The second-order valence-corrected chi connectivity index (χ2v) is 10.8. The van der Waals surface area contributed by atoms with Gasteiger partial charge in [0.25, 0.3) is 0 Å². The summed E-state index contributed by atoms with van der Waals surface area (Å²) >= 11 is 6.01. The first-order valence-corrected chi connectivity index (χ1v) is 13.9. The van der Waals surface area contributed by atoms with Crippen LogP contribution < -0.4 is 19.1 Å². The van der Waals surface area contributed by atoms with Gasteiger partial charge in [-0.15, -0.1) is 0 Å². The number of ether oxygens (including phenoxy) is 2. The van der Waals surface area contributed by atoms with E-state index >= 15 is 0 Å². The summed E-state index contributed by atoms with van der Waals surface area (Å²) in [6.45, 7) is 5.92. The summed E-state index contributed by atoms with van der Waals surface area (Å²) in [6, 6.07) is 10.9. The van der Waals surface area contributed by atoms with Gasteiger partial charge in [-0.3, -0.25) is 13.9 Å². The maximum atomic E-state index is 13.7. The zero-order valence-electron chi connectivity index (χ0n) is 20.7. The fourth-order valence-corrected chi connectivity index (χ4v) is 5.08. The van der Waals surface area contributed by atoms with Crippen molar-refractivity contribution >= 4 is 39.1 Å². The number of carbonyl (C=O) groups is 2. The van der Waals surface area contributed by atoms with Gasteiger partial charge in [-0.1, -0.05) is 30.7 Å². The third-order valence-electron chi connectivity index (χ3n) is 5.80. The summed E-state index contributed by atoms with van der Waals surface area (Å²) < 4.78 is 38.4. The number of carbonyl (C=O) groups excluding carboxylic acids is 2. The molecule has 1 aliphatic rings. The molecule has 0 spiro atoms. The maximum absolute atomic E-state index is 13.7. The average Bonchev–Trinajstić information content (AvgIpc) is 2.88. The first kappa shape index (κ1) is 27.6. The van der Waals surface area contributed by atoms with Crippen molar-refractivity contribution in [2.45, 2.75) is 39.8 Å². The van der Waals surface area contributed by atoms with E-state index in [0.29, 0.717) is 42.7 Å². The van der Waals surface area contributed by atoms with Gasteiger partial charge < -0.3 is 19.7 Å². The molecule has 0 bridgehead atoms. The van der Waals surface area contributed by atoms with Crippen LogP contribution in [0.25, 0.3) is 0 Å². The minimum absolute atomic E-state index is 0.118. The predicted octanol–water partition coefficient (Wildman–Crippen LogP) is 3.21. The third-order valence-corrected chi connectivity index (χ3v) is 7.79. The molecule has 0 saturated heterocycles. The summed E-state index contributed by atoms with van der Waals surface area (Å²) in [7, 11) is -3.84. The van der Waals surface area contributed by atoms with Crippen LogP contribution in [-0.2, 0) is 26.2 Å². The van der Waals surface area contributed by atoms with Crippen LogP contribution in [0.5, 0.6) is 11.5 Å². The second kappa shape index (κ2) is 12.3. The van der Waals surface area contributed by atoms with Crippen LogP contribution >= 0.6 is 11.6 Å². The van der Waals surface area contributed by atoms with Gasteiger partial charge in [-0.25, -0.2) is 8.42 Å². The molecule has 0 fully saturated rings. The maximum Gasteiger partial charge on any atom is 0.244 e. The van der Waals surface area contributed by atoms with E-state index in [1.54, 1.807) is 49.4 Å². The number of benzene rings is 2. The third kappa shape index (κ3) is 6.61. The Morgan fingerprint density at radius 2 is 1.69 bits per heavy atom. The zero-order chi connectivity index (χ0) is 26.3. The van der Waals surface area contributed by atoms with E-state index in [2.05, 4.69) is 5.32 Å². The van der Waals surface area contributed by atoms with Gasteiger partial charge in [0.2, 0.25) is 21.8 Å². The molecule has 1 aliphatic heterocycles. The van der Waals surface area contributed by atoms with Crippen molar-refractivity contribution in [2.75, 3.05) is 36.4 Å². The molecular formula is C25H32ClN3O6S. The fourth-order valence-electron chi connectivity index (χ4n) is 3.90. The summed E-state index contributed by atoms with van der Waals surface area (Å²) in [5.41, 5.74) is 1.05. The topological polar surface area (TPSA) is 105 Å². The lowest BCUT2D eigenvalue weighted by molar-refractivity contribution is -0.140. The average molecular weight is 538 g/mol. The molecule has 0 aromatic heterocycles. The zero-order valence-corrected chi connectivity index (χ0v) is 22.3. The Morgan fingerprint density at radius 1 is 1.03 bits per heavy atom. The number of nitrogens with zero attached hydrogens (tertiary/aromatic N) is 2. The number of fused-ring (bicyclic) bond motifs is 1. The Balaban J connectivity index is 1.97. The van der Waals surface area contributed by atoms with E-state index in [9.17, 15) is 18.0 Å². The Morgan fingerprint density at radius 3 is 2.31 bits per heavy atom. The molecule has 1 atom stereocenters. The molecule has 11 heteroatoms. The number of sulfonamides is 1. The Hall–Kier alpha value is -2.98. The summed E-state index contributed by atoms with van der Waals surface area (Å²) in [6.07, 6.45) is 0.357. The highest BCUT2D eigenvalue weighted by Gasteiger charge is 2.32. The lowest BCUT2D eigenvalue weighted by Crippen LogP contribution is -2.52. The molecule has 36 heavy (non-hydrogen) atoms. The van der Waals surface area contributed by atoms with Crippen LogP contribution in [0.2, 0.25) is 5.02 Å². The van der Waals surface area contributed by atoms with Gasteiger partial charge in [0.15, 0.2) is 11.5 Å². The van der Waals surface area contributed by atoms with Crippen molar-refractivity contribution < 1.29 is 27.5 Å². The highest BCUT2D eigenvalue weighted by atomic mass is 35.5. The van der Waals surface area contributed by atoms with E-state index in [1.807, 2.05) is 6.92 Å². The predicted molar refractivity (Wildman–Crippen MR) is 139 cm³/mol. The number of hydrogen-bond donors (Lipinski definition) is 1. The monoisotopic (exact) mass is 537 g/mol. The highest BCUT2D eigenvalue weighted by molar-refractivity contribution is 7.92. The number of hydrogen-bond acceptors (Lipinski definition) is 6. The summed E-state index contributed by atoms with van der Waals surface area (Å²) in [5, 5.41) is 3.32. The largest absolute Gasteiger partial charge is 0.486 e. The van der Waals surface area contributed by atoms with Gasteiger partial charge >= 0.3 is 0 Å². The van der Waals surface area contributed by atoms with Crippen LogP contribution in [0, 0.1) is 0 Å². The Bertz CT molecular complexity index is 1170.